The Bertz CT molecular complexity index is 459. The normalized spacial score (nSPS) is 13.1. The molecule has 4 heteroatoms. The average Bonchev–Trinajstić information content (AvgIpc) is 2.87. The minimum Gasteiger partial charge on any atom is -0.371 e. The Hall–Kier alpha value is -1.81. The number of para-hydroxylation sites is 1. The van der Waals surface area contributed by atoms with Crippen molar-refractivity contribution in [3.05, 3.63) is 42.5 Å². The Labute approximate surface area is 120 Å². The van der Waals surface area contributed by atoms with E-state index >= 15 is 0 Å². The molecule has 0 aromatic heterocycles. The van der Waals surface area contributed by atoms with Gasteiger partial charge < -0.3 is 15.5 Å². The van der Waals surface area contributed by atoms with Crippen LogP contribution in [0.3, 0.4) is 0 Å². The number of carbonyl (C=O) groups is 1. The van der Waals surface area contributed by atoms with Crippen molar-refractivity contribution in [3.8, 4) is 0 Å². The lowest BCUT2D eigenvalue weighted by atomic mass is 10.2. The third-order valence-corrected chi connectivity index (χ3v) is 3.48. The van der Waals surface area contributed by atoms with E-state index in [1.165, 1.54) is 11.3 Å². The highest BCUT2D eigenvalue weighted by Gasteiger charge is 2.17. The first-order chi connectivity index (χ1) is 9.81. The summed E-state index contributed by atoms with van der Waals surface area (Å²) < 4.78 is 0. The Kier molecular flexibility index (Phi) is 5.62. The SMILES string of the molecule is C=CCNCC(=O)NCCCN1CCc2ccccc21. The number of hydrogen-bond donors (Lipinski definition) is 2. The van der Waals surface area contributed by atoms with Gasteiger partial charge in [-0.15, -0.1) is 6.58 Å². The van der Waals surface area contributed by atoms with E-state index in [1.807, 2.05) is 0 Å². The standard InChI is InChI=1S/C16H23N3O/c1-2-9-17-13-16(20)18-10-5-11-19-12-8-14-6-3-4-7-15(14)19/h2-4,6-7,17H,1,5,8-13H2,(H,18,20). The van der Waals surface area contributed by atoms with Crippen LogP contribution in [0.25, 0.3) is 0 Å². The monoisotopic (exact) mass is 273 g/mol. The van der Waals surface area contributed by atoms with E-state index in [4.69, 9.17) is 0 Å². The number of nitrogens with one attached hydrogen (secondary N) is 2. The zero-order valence-electron chi connectivity index (χ0n) is 11.9. The van der Waals surface area contributed by atoms with Gasteiger partial charge in [-0.05, 0) is 24.5 Å². The Morgan fingerprint density at radius 1 is 1.40 bits per heavy atom. The molecule has 0 bridgehead atoms. The molecule has 0 aliphatic carbocycles. The van der Waals surface area contributed by atoms with Crippen LogP contribution in [0.2, 0.25) is 0 Å². The number of anilines is 1. The maximum atomic E-state index is 11.5. The second-order valence-electron chi connectivity index (χ2n) is 4.99. The fourth-order valence-corrected chi connectivity index (χ4v) is 2.49. The second-order valence-corrected chi connectivity index (χ2v) is 4.99. The van der Waals surface area contributed by atoms with Crippen LogP contribution in [0.4, 0.5) is 5.69 Å². The third kappa shape index (κ3) is 4.10. The van der Waals surface area contributed by atoms with Crippen molar-refractivity contribution in [1.82, 2.24) is 10.6 Å². The minimum absolute atomic E-state index is 0.0497. The van der Waals surface area contributed by atoms with Crippen LogP contribution in [0.5, 0.6) is 0 Å². The van der Waals surface area contributed by atoms with Gasteiger partial charge in [-0.2, -0.15) is 0 Å². The van der Waals surface area contributed by atoms with Gasteiger partial charge in [-0.1, -0.05) is 24.3 Å². The van der Waals surface area contributed by atoms with E-state index in [2.05, 4.69) is 46.4 Å². The molecule has 2 N–H and O–H groups in total. The summed E-state index contributed by atoms with van der Waals surface area (Å²) in [7, 11) is 0. The first kappa shape index (κ1) is 14.6. The largest absolute Gasteiger partial charge is 0.371 e. The molecular formula is C16H23N3O. The fourth-order valence-electron chi connectivity index (χ4n) is 2.49. The predicted molar refractivity (Wildman–Crippen MR) is 83.1 cm³/mol. The van der Waals surface area contributed by atoms with Crippen molar-refractivity contribution >= 4 is 11.6 Å². The molecule has 0 spiro atoms. The van der Waals surface area contributed by atoms with E-state index < -0.39 is 0 Å². The quantitative estimate of drug-likeness (QED) is 0.555. The molecule has 1 aliphatic rings. The van der Waals surface area contributed by atoms with Gasteiger partial charge in [-0.25, -0.2) is 0 Å². The van der Waals surface area contributed by atoms with E-state index in [0.29, 0.717) is 13.1 Å². The lowest BCUT2D eigenvalue weighted by Gasteiger charge is -2.19. The van der Waals surface area contributed by atoms with Gasteiger partial charge in [0.25, 0.3) is 0 Å². The van der Waals surface area contributed by atoms with Crippen LogP contribution in [-0.2, 0) is 11.2 Å². The topological polar surface area (TPSA) is 44.4 Å². The van der Waals surface area contributed by atoms with Gasteiger partial charge >= 0.3 is 0 Å². The van der Waals surface area contributed by atoms with Crippen LogP contribution >= 0.6 is 0 Å². The highest BCUT2D eigenvalue weighted by Crippen LogP contribution is 2.26. The number of rotatable bonds is 8. The zero-order chi connectivity index (χ0) is 14.2. The van der Waals surface area contributed by atoms with Crippen LogP contribution in [0, 0.1) is 0 Å². The van der Waals surface area contributed by atoms with Crippen LogP contribution < -0.4 is 15.5 Å². The van der Waals surface area contributed by atoms with Gasteiger partial charge in [0, 0.05) is 31.9 Å². The summed E-state index contributed by atoms with van der Waals surface area (Å²) in [5.74, 6) is 0.0497. The summed E-state index contributed by atoms with van der Waals surface area (Å²) in [5.41, 5.74) is 2.79. The molecule has 0 fully saturated rings. The number of benzene rings is 1. The van der Waals surface area contributed by atoms with E-state index in [1.54, 1.807) is 6.08 Å². The number of nitrogens with zero attached hydrogens (tertiary/aromatic N) is 1. The Balaban J connectivity index is 1.63. The first-order valence-corrected chi connectivity index (χ1v) is 7.22. The Morgan fingerprint density at radius 3 is 3.10 bits per heavy atom. The molecular weight excluding hydrogens is 250 g/mol. The molecule has 0 saturated carbocycles. The Morgan fingerprint density at radius 2 is 2.25 bits per heavy atom. The molecule has 0 saturated heterocycles. The number of fused-ring (bicyclic) bond motifs is 1. The highest BCUT2D eigenvalue weighted by molar-refractivity contribution is 5.77. The first-order valence-electron chi connectivity index (χ1n) is 7.22. The molecule has 1 amide bonds. The van der Waals surface area contributed by atoms with Crippen molar-refractivity contribution in [1.29, 1.82) is 0 Å². The summed E-state index contributed by atoms with van der Waals surface area (Å²) in [5, 5.41) is 5.92. The van der Waals surface area contributed by atoms with Crippen molar-refractivity contribution in [2.75, 3.05) is 37.6 Å². The summed E-state index contributed by atoms with van der Waals surface area (Å²) >= 11 is 0. The van der Waals surface area contributed by atoms with Gasteiger partial charge in [0.2, 0.25) is 5.91 Å². The molecule has 20 heavy (non-hydrogen) atoms. The van der Waals surface area contributed by atoms with Crippen molar-refractivity contribution in [3.63, 3.8) is 0 Å². The van der Waals surface area contributed by atoms with Gasteiger partial charge in [-0.3, -0.25) is 4.79 Å². The summed E-state index contributed by atoms with van der Waals surface area (Å²) in [6.45, 7) is 7.44. The molecule has 108 valence electrons. The molecule has 1 aliphatic heterocycles. The van der Waals surface area contributed by atoms with Crippen molar-refractivity contribution < 1.29 is 4.79 Å². The van der Waals surface area contributed by atoms with E-state index in [9.17, 15) is 4.79 Å². The predicted octanol–water partition coefficient (Wildman–Crippen LogP) is 1.33. The van der Waals surface area contributed by atoms with E-state index in [-0.39, 0.29) is 5.91 Å². The number of hydrogen-bond acceptors (Lipinski definition) is 3. The van der Waals surface area contributed by atoms with Gasteiger partial charge in [0.15, 0.2) is 0 Å². The smallest absolute Gasteiger partial charge is 0.233 e. The van der Waals surface area contributed by atoms with Crippen LogP contribution in [0.1, 0.15) is 12.0 Å². The van der Waals surface area contributed by atoms with E-state index in [0.717, 1.165) is 32.5 Å². The van der Waals surface area contributed by atoms with Gasteiger partial charge in [0.1, 0.15) is 0 Å². The van der Waals surface area contributed by atoms with Crippen LogP contribution in [0.15, 0.2) is 36.9 Å². The van der Waals surface area contributed by atoms with Crippen molar-refractivity contribution in [2.24, 2.45) is 0 Å². The lowest BCUT2D eigenvalue weighted by molar-refractivity contribution is -0.120. The fraction of sp³-hybridized carbons (Fsp3) is 0.438. The minimum atomic E-state index is 0.0497. The molecule has 0 unspecified atom stereocenters. The molecule has 1 aromatic rings. The number of amides is 1. The second kappa shape index (κ2) is 7.70. The molecule has 4 nitrogen and oxygen atoms in total. The average molecular weight is 273 g/mol. The maximum absolute atomic E-state index is 11.5. The molecule has 2 rings (SSSR count). The summed E-state index contributed by atoms with van der Waals surface area (Å²) in [6.07, 6.45) is 3.85. The third-order valence-electron chi connectivity index (χ3n) is 3.48. The number of carbonyl (C=O) groups excluding carboxylic acids is 1. The lowest BCUT2D eigenvalue weighted by Crippen LogP contribution is -2.35. The molecule has 1 aromatic carbocycles. The van der Waals surface area contributed by atoms with Gasteiger partial charge in [0.05, 0.1) is 6.54 Å². The summed E-state index contributed by atoms with van der Waals surface area (Å²) in [6, 6.07) is 8.56. The van der Waals surface area contributed by atoms with Crippen molar-refractivity contribution in [2.45, 2.75) is 12.8 Å². The molecule has 0 radical (unpaired) electrons. The zero-order valence-corrected chi connectivity index (χ0v) is 11.9. The van der Waals surface area contributed by atoms with Crippen LogP contribution in [-0.4, -0.2) is 38.6 Å². The summed E-state index contributed by atoms with van der Waals surface area (Å²) in [4.78, 5) is 13.9. The molecule has 1 heterocycles. The molecule has 0 atom stereocenters. The highest BCUT2D eigenvalue weighted by atomic mass is 16.1. The maximum Gasteiger partial charge on any atom is 0.233 e.